The normalized spacial score (nSPS) is 14.6. The van der Waals surface area contributed by atoms with Crippen LogP contribution < -0.4 is 4.90 Å². The summed E-state index contributed by atoms with van der Waals surface area (Å²) in [4.78, 5) is 13.1. The zero-order valence-corrected chi connectivity index (χ0v) is 14.7. The lowest BCUT2D eigenvalue weighted by molar-refractivity contribution is -0.384. The Morgan fingerprint density at radius 1 is 1.27 bits per heavy atom. The summed E-state index contributed by atoms with van der Waals surface area (Å²) in [5.74, 6) is -1.20. The van der Waals surface area contributed by atoms with E-state index in [1.807, 2.05) is 17.9 Å². The van der Waals surface area contributed by atoms with Crippen LogP contribution in [-0.4, -0.2) is 27.8 Å². The largest absolute Gasteiger partial charge is 0.350 e. The molecule has 1 fully saturated rings. The fraction of sp³-hybridized carbons (Fsp3) is 0.389. The van der Waals surface area contributed by atoms with Crippen LogP contribution in [0.15, 0.2) is 23.8 Å². The highest BCUT2D eigenvalue weighted by atomic mass is 19.2. The van der Waals surface area contributed by atoms with Crippen molar-refractivity contribution < 1.29 is 13.7 Å². The van der Waals surface area contributed by atoms with Crippen molar-refractivity contribution >= 4 is 17.6 Å². The van der Waals surface area contributed by atoms with Crippen molar-refractivity contribution in [2.75, 3.05) is 18.0 Å². The van der Waals surface area contributed by atoms with Gasteiger partial charge in [-0.05, 0) is 37.0 Å². The quantitative estimate of drug-likeness (QED) is 0.612. The smallest absolute Gasteiger partial charge is 0.334 e. The van der Waals surface area contributed by atoms with Gasteiger partial charge >= 0.3 is 5.69 Å². The summed E-state index contributed by atoms with van der Waals surface area (Å²) < 4.78 is 27.9. The van der Waals surface area contributed by atoms with Crippen LogP contribution in [0.3, 0.4) is 0 Å². The van der Waals surface area contributed by atoms with E-state index in [2.05, 4.69) is 5.10 Å². The Balaban J connectivity index is 1.79. The monoisotopic (exact) mass is 362 g/mol. The summed E-state index contributed by atoms with van der Waals surface area (Å²) in [5, 5.41) is 15.7. The predicted molar refractivity (Wildman–Crippen MR) is 95.0 cm³/mol. The molecule has 8 heteroatoms. The number of nitro groups is 1. The number of hydrogen-bond donors (Lipinski definition) is 0. The highest BCUT2D eigenvalue weighted by Crippen LogP contribution is 2.34. The van der Waals surface area contributed by atoms with Gasteiger partial charge in [0.15, 0.2) is 11.6 Å². The lowest BCUT2D eigenvalue weighted by atomic mass is 10.0. The topological polar surface area (TPSA) is 64.2 Å². The van der Waals surface area contributed by atoms with Crippen molar-refractivity contribution in [3.63, 3.8) is 0 Å². The number of rotatable bonds is 4. The molecule has 1 aliphatic heterocycles. The SMILES string of the molecule is CCc1nn(C)c(N2CCC(=Cc3ccc(F)c(F)c3)CC2)c1[N+](=O)[O-]. The van der Waals surface area contributed by atoms with Gasteiger partial charge in [-0.1, -0.05) is 24.6 Å². The van der Waals surface area contributed by atoms with Crippen LogP contribution >= 0.6 is 0 Å². The Kier molecular flexibility index (Phi) is 5.01. The summed E-state index contributed by atoms with van der Waals surface area (Å²) >= 11 is 0. The molecule has 0 amide bonds. The molecule has 1 aliphatic rings. The van der Waals surface area contributed by atoms with E-state index in [4.69, 9.17) is 0 Å². The molecule has 1 saturated heterocycles. The van der Waals surface area contributed by atoms with Crippen LogP contribution in [0.25, 0.3) is 6.08 Å². The molecule has 26 heavy (non-hydrogen) atoms. The highest BCUT2D eigenvalue weighted by molar-refractivity contribution is 5.63. The molecule has 2 aromatic rings. The van der Waals surface area contributed by atoms with Crippen molar-refractivity contribution in [2.24, 2.45) is 7.05 Å². The second kappa shape index (κ2) is 7.23. The van der Waals surface area contributed by atoms with Gasteiger partial charge in [-0.25, -0.2) is 13.5 Å². The van der Waals surface area contributed by atoms with Crippen LogP contribution in [0.4, 0.5) is 20.3 Å². The second-order valence-electron chi connectivity index (χ2n) is 6.32. The van der Waals surface area contributed by atoms with Crippen molar-refractivity contribution in [3.05, 3.63) is 56.8 Å². The maximum Gasteiger partial charge on any atom is 0.334 e. The Morgan fingerprint density at radius 2 is 1.96 bits per heavy atom. The van der Waals surface area contributed by atoms with E-state index in [1.54, 1.807) is 11.7 Å². The Morgan fingerprint density at radius 3 is 2.54 bits per heavy atom. The zero-order valence-electron chi connectivity index (χ0n) is 14.7. The van der Waals surface area contributed by atoms with E-state index in [-0.39, 0.29) is 10.6 Å². The van der Waals surface area contributed by atoms with Gasteiger partial charge in [0.2, 0.25) is 5.82 Å². The lowest BCUT2D eigenvalue weighted by Crippen LogP contribution is -2.32. The minimum atomic E-state index is -0.866. The molecule has 6 nitrogen and oxygen atoms in total. The minimum Gasteiger partial charge on any atom is -0.350 e. The zero-order chi connectivity index (χ0) is 18.8. The molecule has 138 valence electrons. The fourth-order valence-corrected chi connectivity index (χ4v) is 3.33. The van der Waals surface area contributed by atoms with Gasteiger partial charge in [0.05, 0.1) is 4.92 Å². The van der Waals surface area contributed by atoms with E-state index in [1.165, 1.54) is 12.1 Å². The van der Waals surface area contributed by atoms with Gasteiger partial charge in [0.1, 0.15) is 5.69 Å². The molecule has 0 saturated carbocycles. The van der Waals surface area contributed by atoms with E-state index in [9.17, 15) is 18.9 Å². The van der Waals surface area contributed by atoms with Crippen LogP contribution in [-0.2, 0) is 13.5 Å². The molecular formula is C18H20F2N4O2. The summed E-state index contributed by atoms with van der Waals surface area (Å²) in [6, 6.07) is 3.83. The third-order valence-corrected chi connectivity index (χ3v) is 4.60. The molecule has 0 spiro atoms. The molecular weight excluding hydrogens is 342 g/mol. The molecule has 2 heterocycles. The number of nitrogens with zero attached hydrogens (tertiary/aromatic N) is 4. The second-order valence-corrected chi connectivity index (χ2v) is 6.32. The molecule has 0 aliphatic carbocycles. The van der Waals surface area contributed by atoms with Gasteiger partial charge in [0.25, 0.3) is 0 Å². The average Bonchev–Trinajstić information content (AvgIpc) is 2.95. The predicted octanol–water partition coefficient (Wildman–Crippen LogP) is 3.85. The number of piperidine rings is 1. The first-order valence-corrected chi connectivity index (χ1v) is 8.50. The molecule has 0 atom stereocenters. The number of benzene rings is 1. The molecule has 1 aromatic carbocycles. The number of halogens is 2. The van der Waals surface area contributed by atoms with Gasteiger partial charge in [-0.2, -0.15) is 5.10 Å². The van der Waals surface area contributed by atoms with Crippen LogP contribution in [0.5, 0.6) is 0 Å². The van der Waals surface area contributed by atoms with Crippen molar-refractivity contribution in [2.45, 2.75) is 26.2 Å². The van der Waals surface area contributed by atoms with Crippen LogP contribution in [0.1, 0.15) is 31.0 Å². The first-order valence-electron chi connectivity index (χ1n) is 8.50. The molecule has 1 aromatic heterocycles. The maximum absolute atomic E-state index is 13.3. The minimum absolute atomic E-state index is 0.0723. The van der Waals surface area contributed by atoms with E-state index in [0.29, 0.717) is 49.4 Å². The number of hydrogen-bond acceptors (Lipinski definition) is 4. The molecule has 0 bridgehead atoms. The third-order valence-electron chi connectivity index (χ3n) is 4.60. The summed E-state index contributed by atoms with van der Waals surface area (Å²) in [5.41, 5.74) is 2.28. The first-order chi connectivity index (χ1) is 12.4. The number of aryl methyl sites for hydroxylation is 2. The Labute approximate surface area is 149 Å². The standard InChI is InChI=1S/C18H20F2N4O2/c1-3-16-17(24(25)26)18(22(2)21-16)23-8-6-12(7-9-23)10-13-4-5-14(19)15(20)11-13/h4-5,10-11H,3,6-9H2,1-2H3. The molecule has 0 N–H and O–H groups in total. The van der Waals surface area contributed by atoms with Gasteiger partial charge < -0.3 is 4.90 Å². The molecule has 0 radical (unpaired) electrons. The number of anilines is 1. The van der Waals surface area contributed by atoms with Gasteiger partial charge in [-0.3, -0.25) is 10.1 Å². The van der Waals surface area contributed by atoms with Crippen LogP contribution in [0.2, 0.25) is 0 Å². The van der Waals surface area contributed by atoms with Crippen LogP contribution in [0, 0.1) is 21.7 Å². The van der Waals surface area contributed by atoms with Crippen molar-refractivity contribution in [3.8, 4) is 0 Å². The van der Waals surface area contributed by atoms with E-state index >= 15 is 0 Å². The van der Waals surface area contributed by atoms with E-state index < -0.39 is 11.6 Å². The lowest BCUT2D eigenvalue weighted by Gasteiger charge is -2.29. The van der Waals surface area contributed by atoms with Crippen molar-refractivity contribution in [1.29, 1.82) is 0 Å². The summed E-state index contributed by atoms with van der Waals surface area (Å²) in [6.07, 6.45) is 3.75. The Bertz CT molecular complexity index is 866. The van der Waals surface area contributed by atoms with E-state index in [0.717, 1.165) is 11.6 Å². The Hall–Kier alpha value is -2.77. The van der Waals surface area contributed by atoms with Gasteiger partial charge in [0, 0.05) is 20.1 Å². The van der Waals surface area contributed by atoms with Gasteiger partial charge in [-0.15, -0.1) is 0 Å². The first kappa shape index (κ1) is 18.0. The highest BCUT2D eigenvalue weighted by Gasteiger charge is 2.30. The maximum atomic E-state index is 13.3. The molecule has 3 rings (SSSR count). The summed E-state index contributed by atoms with van der Waals surface area (Å²) in [7, 11) is 1.72. The van der Waals surface area contributed by atoms with Crippen molar-refractivity contribution in [1.82, 2.24) is 9.78 Å². The number of aromatic nitrogens is 2. The third kappa shape index (κ3) is 3.44. The summed E-state index contributed by atoms with van der Waals surface area (Å²) in [6.45, 7) is 3.07. The fourth-order valence-electron chi connectivity index (χ4n) is 3.33. The average molecular weight is 362 g/mol. The molecule has 0 unspecified atom stereocenters.